The number of anilines is 2. The number of para-hydroxylation sites is 2. The van der Waals surface area contributed by atoms with Gasteiger partial charge in [-0.2, -0.15) is 0 Å². The van der Waals surface area contributed by atoms with Crippen molar-refractivity contribution in [2.45, 2.75) is 38.5 Å². The number of likely N-dealkylation sites (N-methyl/N-ethyl adjacent to an activating group) is 2. The molecule has 0 saturated carbocycles. The molecule has 0 saturated heterocycles. The highest BCUT2D eigenvalue weighted by molar-refractivity contribution is 6.51. The lowest BCUT2D eigenvalue weighted by molar-refractivity contribution is -0.112. The molecule has 4 aromatic rings. The summed E-state index contributed by atoms with van der Waals surface area (Å²) in [7, 11) is 4.15. The van der Waals surface area contributed by atoms with E-state index < -0.39 is 0 Å². The molecule has 2 heterocycles. The third kappa shape index (κ3) is 4.66. The summed E-state index contributed by atoms with van der Waals surface area (Å²) >= 11 is 0. The molecule has 50 heavy (non-hydrogen) atoms. The largest absolute Gasteiger partial charge is 0.347 e. The lowest BCUT2D eigenvalue weighted by Gasteiger charge is -2.24. The maximum absolute atomic E-state index is 14.7. The minimum atomic E-state index is -0.231. The van der Waals surface area contributed by atoms with E-state index >= 15 is 0 Å². The van der Waals surface area contributed by atoms with E-state index in [1.165, 1.54) is 22.5 Å². The number of hydrogen-bond donors (Lipinski definition) is 0. The van der Waals surface area contributed by atoms with Crippen molar-refractivity contribution >= 4 is 46.2 Å². The monoisotopic (exact) mass is 652 g/mol. The number of rotatable bonds is 3. The molecule has 2 aliphatic heterocycles. The van der Waals surface area contributed by atoms with E-state index in [2.05, 4.69) is 112 Å². The van der Waals surface area contributed by atoms with Gasteiger partial charge in [0.2, 0.25) is 0 Å². The first kappa shape index (κ1) is 31.5. The topological polar surface area (TPSA) is 40.6 Å². The van der Waals surface area contributed by atoms with Gasteiger partial charge in [0.1, 0.15) is 0 Å². The average molecular weight is 653 g/mol. The summed E-state index contributed by atoms with van der Waals surface area (Å²) in [6, 6.07) is 32.7. The van der Waals surface area contributed by atoms with Gasteiger partial charge >= 0.3 is 0 Å². The summed E-state index contributed by atoms with van der Waals surface area (Å²) in [6.45, 7) is 8.87. The van der Waals surface area contributed by atoms with E-state index in [4.69, 9.17) is 0 Å². The molecule has 0 spiro atoms. The van der Waals surface area contributed by atoms with Crippen LogP contribution in [0.3, 0.4) is 0 Å². The molecule has 4 aromatic carbocycles. The van der Waals surface area contributed by atoms with Crippen LogP contribution in [0, 0.1) is 0 Å². The average Bonchev–Trinajstić information content (AvgIpc) is 3.43. The Labute approximate surface area is 293 Å². The molecule has 4 heteroatoms. The van der Waals surface area contributed by atoms with Gasteiger partial charge in [0.05, 0.1) is 0 Å². The van der Waals surface area contributed by atoms with E-state index in [-0.39, 0.29) is 22.4 Å². The Morgan fingerprint density at radius 3 is 1.24 bits per heavy atom. The van der Waals surface area contributed by atoms with Gasteiger partial charge in [-0.1, -0.05) is 113 Å². The fraction of sp³-hybridized carbons (Fsp3) is 0.174. The Kier molecular flexibility index (Phi) is 7.20. The second-order valence-electron chi connectivity index (χ2n) is 14.6. The predicted octanol–water partition coefficient (Wildman–Crippen LogP) is 5.89. The van der Waals surface area contributed by atoms with Crippen LogP contribution in [0.2, 0.25) is 0 Å². The predicted molar refractivity (Wildman–Crippen MR) is 205 cm³/mol. The lowest BCUT2D eigenvalue weighted by Crippen LogP contribution is -2.41. The van der Waals surface area contributed by atoms with E-state index in [1.807, 2.05) is 72.8 Å². The Morgan fingerprint density at radius 1 is 0.480 bits per heavy atom. The van der Waals surface area contributed by atoms with Crippen molar-refractivity contribution in [3.63, 3.8) is 0 Å². The third-order valence-electron chi connectivity index (χ3n) is 11.0. The molecule has 246 valence electrons. The van der Waals surface area contributed by atoms with Crippen molar-refractivity contribution in [2.75, 3.05) is 23.9 Å². The summed E-state index contributed by atoms with van der Waals surface area (Å²) in [5.41, 5.74) is 8.60. The first-order chi connectivity index (χ1) is 24.0. The molecule has 2 aliphatic carbocycles. The zero-order chi connectivity index (χ0) is 34.9. The van der Waals surface area contributed by atoms with Crippen molar-refractivity contribution in [1.82, 2.24) is 0 Å². The Hall–Kier alpha value is -5.74. The van der Waals surface area contributed by atoms with Gasteiger partial charge < -0.3 is 9.80 Å². The summed E-state index contributed by atoms with van der Waals surface area (Å²) in [5.74, 6) is -0.303. The van der Waals surface area contributed by atoms with Crippen LogP contribution >= 0.6 is 0 Å². The molecular formula is C46H40N2O2. The normalized spacial score (nSPS) is 21.7. The molecule has 0 unspecified atom stereocenters. The van der Waals surface area contributed by atoms with Gasteiger partial charge in [0, 0.05) is 70.0 Å². The highest BCUT2D eigenvalue weighted by Crippen LogP contribution is 2.47. The molecule has 0 bridgehead atoms. The molecule has 0 amide bonds. The zero-order valence-corrected chi connectivity index (χ0v) is 29.4. The number of benzene rings is 4. The van der Waals surface area contributed by atoms with Gasteiger partial charge in [-0.15, -0.1) is 0 Å². The van der Waals surface area contributed by atoms with Crippen LogP contribution < -0.4 is 30.7 Å². The number of fused-ring (bicyclic) bond motifs is 4. The summed E-state index contributed by atoms with van der Waals surface area (Å²) < 4.78 is 0. The maximum Gasteiger partial charge on any atom is 0.194 e. The van der Waals surface area contributed by atoms with Crippen LogP contribution in [-0.2, 0) is 20.4 Å². The third-order valence-corrected chi connectivity index (χ3v) is 11.0. The highest BCUT2D eigenvalue weighted by Gasteiger charge is 2.39. The fourth-order valence-electron chi connectivity index (χ4n) is 8.39. The number of hydrogen-bond acceptors (Lipinski definition) is 4. The van der Waals surface area contributed by atoms with Gasteiger partial charge in [0.25, 0.3) is 0 Å². The number of carbonyl (C=O) groups excluding carboxylic acids is 2. The first-order valence-corrected chi connectivity index (χ1v) is 17.2. The van der Waals surface area contributed by atoms with Gasteiger partial charge in [-0.25, -0.2) is 0 Å². The second kappa shape index (κ2) is 11.4. The standard InChI is InChI=1S/C46H40N2O2/c1-45(2)35-19-11-13-21-37(35)47(5)39(45)25-23-31-27-29-15-7-9-17-33(29)41(43(31)49)42-34-18-10-8-16-30(34)28-32(44(42)50)24-26-40-46(3,4)36-20-12-14-22-38(36)48(40)6/h7-28H,1-6H3. The molecule has 8 rings (SSSR count). The first-order valence-electron chi connectivity index (χ1n) is 17.2. The Morgan fingerprint density at radius 2 is 0.840 bits per heavy atom. The van der Waals surface area contributed by atoms with Crippen LogP contribution in [0.15, 0.2) is 144 Å². The van der Waals surface area contributed by atoms with Crippen molar-refractivity contribution in [1.29, 1.82) is 0 Å². The van der Waals surface area contributed by atoms with Gasteiger partial charge in [-0.05, 0) is 80.6 Å². The van der Waals surface area contributed by atoms with Gasteiger partial charge in [0.15, 0.2) is 11.6 Å². The van der Waals surface area contributed by atoms with Crippen molar-refractivity contribution < 1.29 is 9.59 Å². The Bertz CT molecular complexity index is 2380. The quantitative estimate of drug-likeness (QED) is 0.259. The van der Waals surface area contributed by atoms with Crippen molar-refractivity contribution in [3.8, 4) is 0 Å². The van der Waals surface area contributed by atoms with Crippen LogP contribution in [0.5, 0.6) is 0 Å². The van der Waals surface area contributed by atoms with Crippen molar-refractivity contribution in [3.05, 3.63) is 176 Å². The number of nitrogens with zero attached hydrogens (tertiary/aromatic N) is 2. The van der Waals surface area contributed by atoms with Gasteiger partial charge in [-0.3, -0.25) is 9.59 Å². The number of allylic oxidation sites excluding steroid dienone is 8. The summed E-state index contributed by atoms with van der Waals surface area (Å²) in [5, 5.41) is 3.39. The SMILES string of the molecule is CN1C(=CC=C2C=c3ccccc3=C(C3=c4ccccc4=CC(=CC=C4N(C)c5ccccc5C4(C)C)C3=O)C2=O)C(C)(C)c2ccccc21. The number of ketones is 2. The molecule has 0 aromatic heterocycles. The van der Waals surface area contributed by atoms with Crippen molar-refractivity contribution in [2.24, 2.45) is 0 Å². The lowest BCUT2D eigenvalue weighted by atomic mass is 9.81. The molecule has 0 fully saturated rings. The van der Waals surface area contributed by atoms with Crippen LogP contribution in [0.25, 0.3) is 23.3 Å². The molecule has 0 atom stereocenters. The molecule has 0 radical (unpaired) electrons. The molecule has 4 nitrogen and oxygen atoms in total. The van der Waals surface area contributed by atoms with Crippen LogP contribution in [0.1, 0.15) is 38.8 Å². The molecule has 4 aliphatic rings. The molecular weight excluding hydrogens is 613 g/mol. The zero-order valence-electron chi connectivity index (χ0n) is 29.4. The maximum atomic E-state index is 14.7. The molecule has 0 N–H and O–H groups in total. The fourth-order valence-corrected chi connectivity index (χ4v) is 8.39. The Balaban J connectivity index is 1.27. The van der Waals surface area contributed by atoms with Crippen LogP contribution in [0.4, 0.5) is 11.4 Å². The van der Waals surface area contributed by atoms with E-state index in [0.29, 0.717) is 22.3 Å². The van der Waals surface area contributed by atoms with Crippen LogP contribution in [-0.4, -0.2) is 25.7 Å². The number of carbonyl (C=O) groups is 2. The summed E-state index contributed by atoms with van der Waals surface area (Å²) in [4.78, 5) is 33.9. The smallest absolute Gasteiger partial charge is 0.194 e. The van der Waals surface area contributed by atoms with E-state index in [1.54, 1.807) is 0 Å². The second-order valence-corrected chi connectivity index (χ2v) is 14.6. The van der Waals surface area contributed by atoms with E-state index in [9.17, 15) is 9.59 Å². The number of Topliss-reactive ketones (excluding diaryl/α,β-unsaturated/α-hetero) is 2. The van der Waals surface area contributed by atoms with E-state index in [0.717, 1.165) is 32.3 Å². The minimum absolute atomic E-state index is 0.151. The summed E-state index contributed by atoms with van der Waals surface area (Å²) in [6.07, 6.45) is 11.9. The minimum Gasteiger partial charge on any atom is -0.347 e. The highest BCUT2D eigenvalue weighted by atomic mass is 16.1.